The predicted octanol–water partition coefficient (Wildman–Crippen LogP) is 1.13. The maximum Gasteiger partial charge on any atom is 0.490 e. The number of hydrogen-bond donors (Lipinski definition) is 3. The summed E-state index contributed by atoms with van der Waals surface area (Å²) >= 11 is 0. The molecule has 2 atom stereocenters. The van der Waals surface area contributed by atoms with Gasteiger partial charge < -0.3 is 15.1 Å². The van der Waals surface area contributed by atoms with Crippen LogP contribution in [0.2, 0.25) is 0 Å². The van der Waals surface area contributed by atoms with E-state index in [0.29, 0.717) is 31.4 Å². The third-order valence-electron chi connectivity index (χ3n) is 5.54. The van der Waals surface area contributed by atoms with E-state index in [1.807, 2.05) is 6.07 Å². The van der Waals surface area contributed by atoms with E-state index < -0.39 is 29.7 Å². The number of imide groups is 1. The molecule has 0 saturated carbocycles. The zero-order valence-corrected chi connectivity index (χ0v) is 16.7. The molecule has 9 nitrogen and oxygen atoms in total. The fourth-order valence-electron chi connectivity index (χ4n) is 3.92. The number of halogens is 3. The van der Waals surface area contributed by atoms with Crippen LogP contribution < -0.4 is 5.32 Å². The lowest BCUT2D eigenvalue weighted by molar-refractivity contribution is -0.192. The molecule has 4 rings (SSSR count). The number of carboxylic acids is 1. The number of carbonyl (C=O) groups excluding carboxylic acids is 3. The Morgan fingerprint density at radius 1 is 1.25 bits per heavy atom. The topological polar surface area (TPSA) is 136 Å². The Bertz CT molecular complexity index is 993. The van der Waals surface area contributed by atoms with Gasteiger partial charge in [0.2, 0.25) is 11.8 Å². The van der Waals surface area contributed by atoms with Gasteiger partial charge in [0, 0.05) is 44.1 Å². The van der Waals surface area contributed by atoms with Crippen LogP contribution in [0.25, 0.3) is 0 Å². The highest BCUT2D eigenvalue weighted by atomic mass is 19.4. The fraction of sp³-hybridized carbons (Fsp3) is 0.450. The van der Waals surface area contributed by atoms with Crippen molar-refractivity contribution in [1.82, 2.24) is 10.2 Å². The Hall–Kier alpha value is -3.28. The smallest absolute Gasteiger partial charge is 0.475 e. The number of carboxylic acid groups (broad SMARTS) is 1. The summed E-state index contributed by atoms with van der Waals surface area (Å²) in [4.78, 5) is 50.9. The van der Waals surface area contributed by atoms with Gasteiger partial charge in [-0.2, -0.15) is 13.2 Å². The van der Waals surface area contributed by atoms with E-state index in [0.717, 1.165) is 11.1 Å². The van der Waals surface area contributed by atoms with Gasteiger partial charge in [-0.3, -0.25) is 24.7 Å². The number of hydrogen-bond acceptors (Lipinski definition) is 6. The molecular weight excluding hydrogens is 435 g/mol. The van der Waals surface area contributed by atoms with E-state index in [1.165, 1.54) is 4.90 Å². The number of fused-ring (bicyclic) bond motifs is 1. The summed E-state index contributed by atoms with van der Waals surface area (Å²) in [5, 5.41) is 20.5. The van der Waals surface area contributed by atoms with E-state index >= 15 is 0 Å². The third-order valence-corrected chi connectivity index (χ3v) is 5.54. The maximum absolute atomic E-state index is 12.8. The van der Waals surface area contributed by atoms with Gasteiger partial charge in [-0.1, -0.05) is 12.1 Å². The molecule has 0 aromatic heterocycles. The van der Waals surface area contributed by atoms with Crippen molar-refractivity contribution in [3.63, 3.8) is 0 Å². The highest BCUT2D eigenvalue weighted by Gasteiger charge is 2.42. The number of amides is 3. The number of piperidine rings is 1. The van der Waals surface area contributed by atoms with E-state index in [2.05, 4.69) is 10.3 Å². The Kier molecular flexibility index (Phi) is 6.35. The minimum Gasteiger partial charge on any atom is -0.475 e. The lowest BCUT2D eigenvalue weighted by Crippen LogP contribution is -2.52. The zero-order chi connectivity index (χ0) is 23.7. The molecule has 1 aromatic rings. The summed E-state index contributed by atoms with van der Waals surface area (Å²) < 4.78 is 31.7. The number of aliphatic carboxylic acids is 1. The van der Waals surface area contributed by atoms with E-state index in [1.54, 1.807) is 18.3 Å². The largest absolute Gasteiger partial charge is 0.490 e. The van der Waals surface area contributed by atoms with Crippen molar-refractivity contribution >= 4 is 29.9 Å². The fourth-order valence-corrected chi connectivity index (χ4v) is 3.92. The second-order valence-corrected chi connectivity index (χ2v) is 7.61. The number of aliphatic imine (C=N–C) groups is 1. The van der Waals surface area contributed by atoms with Crippen LogP contribution in [-0.2, 0) is 26.5 Å². The van der Waals surface area contributed by atoms with E-state index in [-0.39, 0.29) is 24.8 Å². The highest BCUT2D eigenvalue weighted by molar-refractivity contribution is 6.05. The maximum atomic E-state index is 12.8. The number of rotatable bonds is 2. The monoisotopic (exact) mass is 455 g/mol. The average Bonchev–Trinajstić information content (AvgIpc) is 3.05. The van der Waals surface area contributed by atoms with Gasteiger partial charge >= 0.3 is 12.1 Å². The van der Waals surface area contributed by atoms with Crippen molar-refractivity contribution in [1.29, 1.82) is 0 Å². The standard InChI is InChI=1S/C18H19N3O4.C2HF3O2/c22-15-5-4-14(16(23)20-15)21-10-12-11(17(21)24)2-1-3-13(12)18(25)6-8-19-9-7-18;3-2(4,5)1(6)7/h1-3,8,14,25H,4-7,9-10H2,(H,20,22,23);(H,6,7). The molecule has 3 N–H and O–H groups in total. The lowest BCUT2D eigenvalue weighted by Gasteiger charge is -2.32. The summed E-state index contributed by atoms with van der Waals surface area (Å²) in [6, 6.07) is 4.70. The first-order chi connectivity index (χ1) is 14.9. The number of alkyl halides is 3. The van der Waals surface area contributed by atoms with E-state index in [4.69, 9.17) is 9.90 Å². The molecule has 3 aliphatic heterocycles. The summed E-state index contributed by atoms with van der Waals surface area (Å²) in [7, 11) is 0. The number of nitrogens with zero attached hydrogens (tertiary/aromatic N) is 2. The molecule has 32 heavy (non-hydrogen) atoms. The van der Waals surface area contributed by atoms with Gasteiger partial charge in [0.1, 0.15) is 6.04 Å². The molecule has 3 heterocycles. The van der Waals surface area contributed by atoms with Crippen LogP contribution >= 0.6 is 0 Å². The van der Waals surface area contributed by atoms with Crippen molar-refractivity contribution in [2.45, 2.75) is 50.0 Å². The molecule has 0 spiro atoms. The molecular formula is C20H20F3N3O6. The zero-order valence-electron chi connectivity index (χ0n) is 16.7. The molecule has 1 fully saturated rings. The van der Waals surface area contributed by atoms with Crippen LogP contribution in [-0.4, -0.2) is 63.8 Å². The van der Waals surface area contributed by atoms with Crippen LogP contribution in [0, 0.1) is 0 Å². The van der Waals surface area contributed by atoms with Crippen LogP contribution in [0.1, 0.15) is 47.2 Å². The number of nitrogens with one attached hydrogen (secondary N) is 1. The number of aliphatic hydroxyl groups is 1. The minimum atomic E-state index is -5.08. The normalized spacial score (nSPS) is 25.1. The van der Waals surface area contributed by atoms with Crippen LogP contribution in [0.5, 0.6) is 0 Å². The first-order valence-corrected chi connectivity index (χ1v) is 9.72. The van der Waals surface area contributed by atoms with Crippen molar-refractivity contribution in [3.05, 3.63) is 34.9 Å². The summed E-state index contributed by atoms with van der Waals surface area (Å²) in [5.41, 5.74) is 1.00. The molecule has 0 radical (unpaired) electrons. The van der Waals surface area contributed by atoms with Gasteiger partial charge in [-0.25, -0.2) is 4.79 Å². The minimum absolute atomic E-state index is 0.223. The van der Waals surface area contributed by atoms with Crippen molar-refractivity contribution in [2.24, 2.45) is 4.99 Å². The van der Waals surface area contributed by atoms with Crippen LogP contribution in [0.15, 0.2) is 23.2 Å². The molecule has 1 saturated heterocycles. The van der Waals surface area contributed by atoms with Crippen molar-refractivity contribution in [3.8, 4) is 0 Å². The molecule has 172 valence electrons. The summed E-state index contributed by atoms with van der Waals surface area (Å²) in [6.07, 6.45) is -1.89. The van der Waals surface area contributed by atoms with Gasteiger partial charge in [-0.05, 0) is 23.6 Å². The second kappa shape index (κ2) is 8.69. The quantitative estimate of drug-likeness (QED) is 0.572. The van der Waals surface area contributed by atoms with Gasteiger partial charge in [0.15, 0.2) is 0 Å². The molecule has 2 unspecified atom stereocenters. The predicted molar refractivity (Wildman–Crippen MR) is 103 cm³/mol. The van der Waals surface area contributed by atoms with Crippen molar-refractivity contribution in [2.75, 3.05) is 6.54 Å². The summed E-state index contributed by atoms with van der Waals surface area (Å²) in [5.74, 6) is -3.71. The molecule has 3 amide bonds. The van der Waals surface area contributed by atoms with Gasteiger partial charge in [0.05, 0.1) is 5.60 Å². The van der Waals surface area contributed by atoms with Crippen LogP contribution in [0.4, 0.5) is 13.2 Å². The Morgan fingerprint density at radius 3 is 2.50 bits per heavy atom. The first kappa shape index (κ1) is 23.4. The SMILES string of the molecule is O=C(O)C(F)(F)F.O=C1CCC(N2Cc3c(cccc3C3(O)CC=NCC3)C2=O)C(=O)N1. The van der Waals surface area contributed by atoms with Gasteiger partial charge in [0.25, 0.3) is 5.91 Å². The third kappa shape index (κ3) is 4.64. The molecule has 3 aliphatic rings. The van der Waals surface area contributed by atoms with Crippen LogP contribution in [0.3, 0.4) is 0 Å². The number of benzene rings is 1. The van der Waals surface area contributed by atoms with Crippen molar-refractivity contribution < 1.29 is 42.6 Å². The Balaban J connectivity index is 0.000000360. The molecule has 1 aromatic carbocycles. The summed E-state index contributed by atoms with van der Waals surface area (Å²) in [6.45, 7) is 0.820. The highest BCUT2D eigenvalue weighted by Crippen LogP contribution is 2.38. The lowest BCUT2D eigenvalue weighted by atomic mass is 9.82. The van der Waals surface area contributed by atoms with Gasteiger partial charge in [-0.15, -0.1) is 0 Å². The Morgan fingerprint density at radius 2 is 1.94 bits per heavy atom. The molecule has 0 aliphatic carbocycles. The number of carbonyl (C=O) groups is 4. The first-order valence-electron chi connectivity index (χ1n) is 9.72. The Labute approximate surface area is 179 Å². The second-order valence-electron chi connectivity index (χ2n) is 7.61. The van der Waals surface area contributed by atoms with E-state index in [9.17, 15) is 32.7 Å². The average molecular weight is 455 g/mol. The molecule has 12 heteroatoms. The molecule has 0 bridgehead atoms.